The quantitative estimate of drug-likeness (QED) is 0.757. The molecule has 25 heavy (non-hydrogen) atoms. The summed E-state index contributed by atoms with van der Waals surface area (Å²) in [7, 11) is 0. The number of nitrogens with zero attached hydrogens (tertiary/aromatic N) is 5. The summed E-state index contributed by atoms with van der Waals surface area (Å²) >= 11 is 0. The summed E-state index contributed by atoms with van der Waals surface area (Å²) in [5.74, 6) is 0.638. The van der Waals surface area contributed by atoms with E-state index in [2.05, 4.69) is 24.6 Å². The van der Waals surface area contributed by atoms with Gasteiger partial charge in [-0.1, -0.05) is 0 Å². The number of furan rings is 1. The fourth-order valence-electron chi connectivity index (χ4n) is 3.00. The van der Waals surface area contributed by atoms with E-state index in [4.69, 9.17) is 4.42 Å². The molecule has 3 aromatic rings. The summed E-state index contributed by atoms with van der Waals surface area (Å²) in [6, 6.07) is 5.38. The van der Waals surface area contributed by atoms with Crippen LogP contribution in [0.5, 0.6) is 0 Å². The van der Waals surface area contributed by atoms with Crippen LogP contribution in [0.3, 0.4) is 0 Å². The number of amides is 1. The minimum absolute atomic E-state index is 0.0386. The third-order valence-electron chi connectivity index (χ3n) is 4.48. The maximum atomic E-state index is 12.6. The minimum atomic E-state index is -0.0386. The van der Waals surface area contributed by atoms with Gasteiger partial charge in [-0.25, -0.2) is 4.98 Å². The van der Waals surface area contributed by atoms with E-state index in [0.717, 1.165) is 26.2 Å². The molecule has 1 fully saturated rings. The van der Waals surface area contributed by atoms with Crippen molar-refractivity contribution < 1.29 is 9.21 Å². The van der Waals surface area contributed by atoms with Gasteiger partial charge < -0.3 is 13.9 Å². The molecule has 1 saturated heterocycles. The Morgan fingerprint density at radius 3 is 2.84 bits per heavy atom. The van der Waals surface area contributed by atoms with Crippen LogP contribution in [0.15, 0.2) is 47.6 Å². The Labute approximate surface area is 145 Å². The SMILES string of the molecule is O=C(c1cc(-c2ccco2)[nH]n1)N1CCN(CCn2ccnc2)CC1. The topological polar surface area (TPSA) is 83.2 Å². The summed E-state index contributed by atoms with van der Waals surface area (Å²) < 4.78 is 7.39. The Bertz CT molecular complexity index is 800. The number of aromatic nitrogens is 4. The second-order valence-electron chi connectivity index (χ2n) is 6.08. The Balaban J connectivity index is 1.30. The van der Waals surface area contributed by atoms with Crippen LogP contribution in [0.1, 0.15) is 10.5 Å². The molecule has 1 aliphatic heterocycles. The third-order valence-corrected chi connectivity index (χ3v) is 4.48. The zero-order chi connectivity index (χ0) is 17.1. The van der Waals surface area contributed by atoms with Crippen molar-refractivity contribution in [3.8, 4) is 11.5 Å². The Morgan fingerprint density at radius 1 is 1.24 bits per heavy atom. The maximum absolute atomic E-state index is 12.6. The number of carbonyl (C=O) groups excluding carboxylic acids is 1. The Kier molecular flexibility index (Phi) is 4.34. The molecule has 1 N–H and O–H groups in total. The smallest absolute Gasteiger partial charge is 0.274 e. The van der Waals surface area contributed by atoms with Crippen LogP contribution >= 0.6 is 0 Å². The molecule has 0 aromatic carbocycles. The van der Waals surface area contributed by atoms with Gasteiger partial charge >= 0.3 is 0 Å². The molecule has 0 atom stereocenters. The first-order chi connectivity index (χ1) is 12.3. The van der Waals surface area contributed by atoms with Crippen LogP contribution in [-0.4, -0.2) is 68.2 Å². The van der Waals surface area contributed by atoms with E-state index in [1.165, 1.54) is 0 Å². The van der Waals surface area contributed by atoms with E-state index >= 15 is 0 Å². The molecule has 1 amide bonds. The maximum Gasteiger partial charge on any atom is 0.274 e. The first-order valence-electron chi connectivity index (χ1n) is 8.36. The molecule has 8 heteroatoms. The van der Waals surface area contributed by atoms with Crippen molar-refractivity contribution in [3.63, 3.8) is 0 Å². The number of carbonyl (C=O) groups is 1. The van der Waals surface area contributed by atoms with E-state index in [9.17, 15) is 4.79 Å². The molecule has 0 aliphatic carbocycles. The average molecular weight is 340 g/mol. The van der Waals surface area contributed by atoms with Crippen LogP contribution in [0.4, 0.5) is 0 Å². The molecule has 4 rings (SSSR count). The lowest BCUT2D eigenvalue weighted by Gasteiger charge is -2.34. The zero-order valence-electron chi connectivity index (χ0n) is 13.8. The van der Waals surface area contributed by atoms with Crippen molar-refractivity contribution in [1.29, 1.82) is 0 Å². The third kappa shape index (κ3) is 3.48. The number of rotatable bonds is 5. The van der Waals surface area contributed by atoms with Crippen molar-refractivity contribution in [1.82, 2.24) is 29.5 Å². The van der Waals surface area contributed by atoms with Gasteiger partial charge in [0.15, 0.2) is 11.5 Å². The molecule has 0 radical (unpaired) electrons. The lowest BCUT2D eigenvalue weighted by atomic mass is 10.2. The molecule has 0 bridgehead atoms. The number of piperazine rings is 1. The summed E-state index contributed by atoms with van der Waals surface area (Å²) in [5, 5.41) is 7.00. The highest BCUT2D eigenvalue weighted by Crippen LogP contribution is 2.18. The molecule has 4 heterocycles. The number of aromatic amines is 1. The van der Waals surface area contributed by atoms with Gasteiger partial charge in [0.05, 0.1) is 12.6 Å². The Hall–Kier alpha value is -2.87. The highest BCUT2D eigenvalue weighted by Gasteiger charge is 2.24. The molecule has 1 aliphatic rings. The second kappa shape index (κ2) is 6.94. The van der Waals surface area contributed by atoms with Gasteiger partial charge in [0, 0.05) is 57.7 Å². The summed E-state index contributed by atoms with van der Waals surface area (Å²) in [6.45, 7) is 5.05. The van der Waals surface area contributed by atoms with Crippen molar-refractivity contribution >= 4 is 5.91 Å². The van der Waals surface area contributed by atoms with Gasteiger partial charge in [0.25, 0.3) is 5.91 Å². The number of nitrogens with one attached hydrogen (secondary N) is 1. The predicted molar refractivity (Wildman–Crippen MR) is 90.9 cm³/mol. The second-order valence-corrected chi connectivity index (χ2v) is 6.08. The van der Waals surface area contributed by atoms with Crippen molar-refractivity contribution in [2.75, 3.05) is 32.7 Å². The van der Waals surface area contributed by atoms with E-state index in [0.29, 0.717) is 30.2 Å². The van der Waals surface area contributed by atoms with E-state index in [-0.39, 0.29) is 5.91 Å². The summed E-state index contributed by atoms with van der Waals surface area (Å²) in [4.78, 5) is 20.9. The van der Waals surface area contributed by atoms with Gasteiger partial charge in [-0.2, -0.15) is 5.10 Å². The van der Waals surface area contributed by atoms with Gasteiger partial charge in [0.1, 0.15) is 5.69 Å². The van der Waals surface area contributed by atoms with Crippen LogP contribution in [0.2, 0.25) is 0 Å². The van der Waals surface area contributed by atoms with Gasteiger partial charge in [-0.05, 0) is 12.1 Å². The first-order valence-corrected chi connectivity index (χ1v) is 8.36. The molecule has 0 saturated carbocycles. The lowest BCUT2D eigenvalue weighted by Crippen LogP contribution is -2.49. The van der Waals surface area contributed by atoms with Gasteiger partial charge in [-0.15, -0.1) is 0 Å². The van der Waals surface area contributed by atoms with Crippen molar-refractivity contribution in [3.05, 3.63) is 48.9 Å². The average Bonchev–Trinajstić information content (AvgIpc) is 3.42. The van der Waals surface area contributed by atoms with E-state index in [1.807, 2.05) is 23.5 Å². The number of hydrogen-bond acceptors (Lipinski definition) is 5. The number of H-pyrrole nitrogens is 1. The highest BCUT2D eigenvalue weighted by atomic mass is 16.3. The monoisotopic (exact) mass is 340 g/mol. The summed E-state index contributed by atoms with van der Waals surface area (Å²) in [5.41, 5.74) is 1.14. The Morgan fingerprint density at radius 2 is 2.12 bits per heavy atom. The molecular formula is C17H20N6O2. The number of hydrogen-bond donors (Lipinski definition) is 1. The first kappa shape index (κ1) is 15.6. The normalized spacial score (nSPS) is 15.6. The van der Waals surface area contributed by atoms with Crippen LogP contribution in [0, 0.1) is 0 Å². The van der Waals surface area contributed by atoms with E-state index in [1.54, 1.807) is 24.6 Å². The fraction of sp³-hybridized carbons (Fsp3) is 0.353. The molecular weight excluding hydrogens is 320 g/mol. The van der Waals surface area contributed by atoms with Crippen molar-refractivity contribution in [2.45, 2.75) is 6.54 Å². The molecule has 0 unspecified atom stereocenters. The van der Waals surface area contributed by atoms with Crippen LogP contribution in [0.25, 0.3) is 11.5 Å². The zero-order valence-corrected chi connectivity index (χ0v) is 13.8. The fourth-order valence-corrected chi connectivity index (χ4v) is 3.00. The minimum Gasteiger partial charge on any atom is -0.463 e. The molecule has 3 aromatic heterocycles. The summed E-state index contributed by atoms with van der Waals surface area (Å²) in [6.07, 6.45) is 7.18. The van der Waals surface area contributed by atoms with Gasteiger partial charge in [0.2, 0.25) is 0 Å². The van der Waals surface area contributed by atoms with Crippen LogP contribution in [-0.2, 0) is 6.54 Å². The van der Waals surface area contributed by atoms with Crippen molar-refractivity contribution in [2.24, 2.45) is 0 Å². The predicted octanol–water partition coefficient (Wildman–Crippen LogP) is 1.32. The van der Waals surface area contributed by atoms with Gasteiger partial charge in [-0.3, -0.25) is 14.8 Å². The lowest BCUT2D eigenvalue weighted by molar-refractivity contribution is 0.0627. The van der Waals surface area contributed by atoms with Crippen LogP contribution < -0.4 is 0 Å². The van der Waals surface area contributed by atoms with E-state index < -0.39 is 0 Å². The largest absolute Gasteiger partial charge is 0.463 e. The molecule has 0 spiro atoms. The standard InChI is InChI=1S/C17H20N6O2/c24-17(15-12-14(19-20-15)16-2-1-11-25-16)23-9-7-21(8-10-23)5-6-22-4-3-18-13-22/h1-4,11-13H,5-10H2,(H,19,20). The number of imidazole rings is 1. The molecule has 8 nitrogen and oxygen atoms in total. The highest BCUT2D eigenvalue weighted by molar-refractivity contribution is 5.93. The molecule has 130 valence electrons.